The molecule has 0 bridgehead atoms. The summed E-state index contributed by atoms with van der Waals surface area (Å²) in [6, 6.07) is 3.04. The third kappa shape index (κ3) is 5.84. The summed E-state index contributed by atoms with van der Waals surface area (Å²) in [5.41, 5.74) is 7.52. The fourth-order valence-corrected chi connectivity index (χ4v) is 1.59. The third-order valence-electron chi connectivity index (χ3n) is 2.64. The van der Waals surface area contributed by atoms with Gasteiger partial charge in [0.15, 0.2) is 0 Å². The average molecular weight is 348 g/mol. The maximum Gasteiger partial charge on any atom is 0.353 e. The van der Waals surface area contributed by atoms with E-state index in [2.05, 4.69) is 15.4 Å². The zero-order valence-electron chi connectivity index (χ0n) is 11.9. The van der Waals surface area contributed by atoms with E-state index in [1.165, 1.54) is 24.3 Å². The van der Waals surface area contributed by atoms with Gasteiger partial charge in [0, 0.05) is 18.6 Å². The zero-order chi connectivity index (χ0) is 16.7. The second kappa shape index (κ2) is 9.27. The van der Waals surface area contributed by atoms with E-state index in [9.17, 15) is 24.6 Å². The number of urea groups is 1. The van der Waals surface area contributed by atoms with Gasteiger partial charge in [-0.15, -0.1) is 22.4 Å². The van der Waals surface area contributed by atoms with Crippen LogP contribution in [0, 0.1) is 15.0 Å². The van der Waals surface area contributed by atoms with Crippen molar-refractivity contribution in [3.05, 3.63) is 44.9 Å². The van der Waals surface area contributed by atoms with Gasteiger partial charge in [-0.25, -0.2) is 4.79 Å². The van der Waals surface area contributed by atoms with Gasteiger partial charge in [-0.2, -0.15) is 5.43 Å². The number of methoxy groups -OCH3 is 1. The minimum atomic E-state index is -1.20. The van der Waals surface area contributed by atoms with Crippen LogP contribution in [0.1, 0.15) is 5.56 Å². The van der Waals surface area contributed by atoms with Crippen LogP contribution in [0.15, 0.2) is 29.6 Å². The molecule has 11 nitrogen and oxygen atoms in total. The van der Waals surface area contributed by atoms with Crippen molar-refractivity contribution < 1.29 is 19.2 Å². The number of nitro benzene ring substituents is 1. The number of nitrogens with zero attached hydrogens (tertiary/aromatic N) is 3. The van der Waals surface area contributed by atoms with Gasteiger partial charge < -0.3 is 10.5 Å². The SMILES string of the molecule is COC(=O)[C@H](Cc1ccc([N+](=O)[O-])cc1)NN(N=O)C(N)=O.Cl. The van der Waals surface area contributed by atoms with Gasteiger partial charge in [0.1, 0.15) is 6.04 Å². The number of halogens is 1. The molecule has 1 aromatic carbocycles. The molecule has 0 aromatic heterocycles. The Kier molecular flexibility index (Phi) is 8.15. The number of nitroso groups, excluding NO2 is 1. The van der Waals surface area contributed by atoms with Crippen molar-refractivity contribution in [2.45, 2.75) is 12.5 Å². The number of primary amides is 1. The number of ether oxygens (including phenoxy) is 1. The van der Waals surface area contributed by atoms with Gasteiger partial charge in [-0.1, -0.05) is 12.1 Å². The van der Waals surface area contributed by atoms with E-state index in [-0.39, 0.29) is 29.6 Å². The summed E-state index contributed by atoms with van der Waals surface area (Å²) < 4.78 is 4.54. The number of carbonyl (C=O) groups is 2. The van der Waals surface area contributed by atoms with Crippen molar-refractivity contribution >= 4 is 30.1 Å². The van der Waals surface area contributed by atoms with E-state index in [1.807, 2.05) is 0 Å². The van der Waals surface area contributed by atoms with Gasteiger partial charge in [-0.3, -0.25) is 14.9 Å². The smallest absolute Gasteiger partial charge is 0.353 e. The lowest BCUT2D eigenvalue weighted by molar-refractivity contribution is -0.384. The number of amides is 2. The van der Waals surface area contributed by atoms with Crippen LogP contribution in [-0.2, 0) is 16.0 Å². The molecule has 1 aromatic rings. The maximum atomic E-state index is 11.7. The Balaban J connectivity index is 0.00000484. The second-order valence-electron chi connectivity index (χ2n) is 4.06. The first kappa shape index (κ1) is 20.2. The highest BCUT2D eigenvalue weighted by molar-refractivity contribution is 5.85. The molecule has 0 spiro atoms. The van der Waals surface area contributed by atoms with Gasteiger partial charge in [0.25, 0.3) is 5.69 Å². The van der Waals surface area contributed by atoms with E-state index < -0.39 is 23.0 Å². The molecule has 3 N–H and O–H groups in total. The van der Waals surface area contributed by atoms with Crippen molar-refractivity contribution in [3.8, 4) is 0 Å². The van der Waals surface area contributed by atoms with Crippen LogP contribution in [-0.4, -0.2) is 35.2 Å². The predicted molar refractivity (Wildman–Crippen MR) is 80.2 cm³/mol. The third-order valence-corrected chi connectivity index (χ3v) is 2.64. The highest BCUT2D eigenvalue weighted by Gasteiger charge is 2.25. The first-order chi connectivity index (χ1) is 10.4. The van der Waals surface area contributed by atoms with Crippen LogP contribution >= 0.6 is 12.4 Å². The Labute approximate surface area is 136 Å². The summed E-state index contributed by atoms with van der Waals surface area (Å²) in [5, 5.41) is 13.0. The Hall–Kier alpha value is -2.79. The van der Waals surface area contributed by atoms with E-state index in [4.69, 9.17) is 5.73 Å². The lowest BCUT2D eigenvalue weighted by Crippen LogP contribution is -2.51. The molecule has 0 fully saturated rings. The zero-order valence-corrected chi connectivity index (χ0v) is 12.7. The number of nitrogens with one attached hydrogen (secondary N) is 1. The standard InChI is InChI=1S/C11H13N5O6.ClH/c1-22-10(17)9(13-15(14-19)11(12)18)6-7-2-4-8(5-3-7)16(20)21;/h2-5,9,13H,6H2,1H3,(H2,12,18);1H/t9-;/m0./s1. The first-order valence-electron chi connectivity index (χ1n) is 5.89. The van der Waals surface area contributed by atoms with Gasteiger partial charge in [0.2, 0.25) is 0 Å². The number of benzene rings is 1. The molecule has 0 aliphatic carbocycles. The summed E-state index contributed by atoms with van der Waals surface area (Å²) in [6.07, 6.45) is -0.00995. The fourth-order valence-electron chi connectivity index (χ4n) is 1.59. The van der Waals surface area contributed by atoms with E-state index in [0.717, 1.165) is 7.11 Å². The Morgan fingerprint density at radius 3 is 2.39 bits per heavy atom. The summed E-state index contributed by atoms with van der Waals surface area (Å²) in [5.74, 6) is -0.770. The monoisotopic (exact) mass is 347 g/mol. The number of hydrogen-bond donors (Lipinski definition) is 2. The van der Waals surface area contributed by atoms with Crippen molar-refractivity contribution in [1.29, 1.82) is 0 Å². The number of non-ortho nitro benzene ring substituents is 1. The number of rotatable bonds is 7. The van der Waals surface area contributed by atoms with Crippen LogP contribution in [0.25, 0.3) is 0 Å². The van der Waals surface area contributed by atoms with Gasteiger partial charge >= 0.3 is 12.0 Å². The van der Waals surface area contributed by atoms with Crippen molar-refractivity contribution in [1.82, 2.24) is 10.5 Å². The fraction of sp³-hybridized carbons (Fsp3) is 0.273. The average Bonchev–Trinajstić information content (AvgIpc) is 2.50. The van der Waals surface area contributed by atoms with E-state index in [1.54, 1.807) is 0 Å². The normalized spacial score (nSPS) is 10.8. The summed E-state index contributed by atoms with van der Waals surface area (Å²) >= 11 is 0. The number of hydrazine groups is 1. The maximum absolute atomic E-state index is 11.7. The molecular formula is C11H14ClN5O6. The molecule has 12 heteroatoms. The van der Waals surface area contributed by atoms with E-state index >= 15 is 0 Å². The van der Waals surface area contributed by atoms with Crippen LogP contribution in [0.3, 0.4) is 0 Å². The molecule has 0 aliphatic heterocycles. The number of nitro groups is 1. The Morgan fingerprint density at radius 1 is 1.43 bits per heavy atom. The molecule has 23 heavy (non-hydrogen) atoms. The van der Waals surface area contributed by atoms with Crippen LogP contribution in [0.5, 0.6) is 0 Å². The topological polar surface area (TPSA) is 157 Å². The van der Waals surface area contributed by atoms with Gasteiger partial charge in [0.05, 0.1) is 17.3 Å². The van der Waals surface area contributed by atoms with Crippen molar-refractivity contribution in [3.63, 3.8) is 0 Å². The molecule has 126 valence electrons. The largest absolute Gasteiger partial charge is 0.468 e. The van der Waals surface area contributed by atoms with Crippen molar-refractivity contribution in [2.24, 2.45) is 11.0 Å². The van der Waals surface area contributed by atoms with Crippen LogP contribution in [0.2, 0.25) is 0 Å². The Morgan fingerprint density at radius 2 is 2.00 bits per heavy atom. The minimum Gasteiger partial charge on any atom is -0.468 e. The number of carbonyl (C=O) groups excluding carboxylic acids is 2. The summed E-state index contributed by atoms with van der Waals surface area (Å²) in [4.78, 5) is 43.0. The number of hydrogen-bond acceptors (Lipinski definition) is 8. The molecule has 0 radical (unpaired) electrons. The molecule has 0 aliphatic rings. The predicted octanol–water partition coefficient (Wildman–Crippen LogP) is 0.667. The molecule has 1 atom stereocenters. The number of nitrogens with two attached hydrogens (primary N) is 1. The number of esters is 1. The highest BCUT2D eigenvalue weighted by Crippen LogP contribution is 2.13. The van der Waals surface area contributed by atoms with Crippen LogP contribution in [0.4, 0.5) is 10.5 Å². The molecule has 0 heterocycles. The molecular weight excluding hydrogens is 334 g/mol. The molecule has 0 saturated carbocycles. The highest BCUT2D eigenvalue weighted by atomic mass is 35.5. The molecule has 1 rings (SSSR count). The minimum absolute atomic E-state index is 0. The lowest BCUT2D eigenvalue weighted by Gasteiger charge is -2.19. The summed E-state index contributed by atoms with van der Waals surface area (Å²) in [7, 11) is 1.12. The quantitative estimate of drug-likeness (QED) is 0.317. The molecule has 0 saturated heterocycles. The van der Waals surface area contributed by atoms with Crippen molar-refractivity contribution in [2.75, 3.05) is 7.11 Å². The first-order valence-corrected chi connectivity index (χ1v) is 5.89. The summed E-state index contributed by atoms with van der Waals surface area (Å²) in [6.45, 7) is 0. The Bertz CT molecular complexity index is 581. The molecule has 0 unspecified atom stereocenters. The second-order valence-corrected chi connectivity index (χ2v) is 4.06. The lowest BCUT2D eigenvalue weighted by atomic mass is 10.1. The van der Waals surface area contributed by atoms with Gasteiger partial charge in [-0.05, 0) is 5.56 Å². The van der Waals surface area contributed by atoms with E-state index in [0.29, 0.717) is 5.56 Å². The van der Waals surface area contributed by atoms with Crippen LogP contribution < -0.4 is 11.2 Å². The molecule has 2 amide bonds.